The summed E-state index contributed by atoms with van der Waals surface area (Å²) < 4.78 is 40.6. The van der Waals surface area contributed by atoms with Gasteiger partial charge in [0.05, 0.1) is 16.1 Å². The van der Waals surface area contributed by atoms with Crippen LogP contribution >= 0.6 is 11.3 Å². The van der Waals surface area contributed by atoms with E-state index in [0.29, 0.717) is 5.13 Å². The van der Waals surface area contributed by atoms with E-state index in [1.54, 1.807) is 12.1 Å². The molecule has 0 unspecified atom stereocenters. The topological polar surface area (TPSA) is 101 Å². The van der Waals surface area contributed by atoms with Crippen molar-refractivity contribution < 1.29 is 17.6 Å². The van der Waals surface area contributed by atoms with E-state index in [4.69, 9.17) is 0 Å². The molecule has 0 radical (unpaired) electrons. The molecule has 2 aromatic carbocycles. The number of anilines is 2. The molecule has 0 atom stereocenters. The largest absolute Gasteiger partial charge is 0.296 e. The van der Waals surface area contributed by atoms with Gasteiger partial charge >= 0.3 is 0 Å². The maximum Gasteiger partial charge on any atom is 0.261 e. The number of nitrogens with one attached hydrogen (secondary N) is 2. The average molecular weight is 435 g/mol. The molecule has 3 rings (SSSR count). The number of hydrogen-bond acceptors (Lipinski definition) is 6. The SMILES string of the molecule is CCCCc1nnc(NC(=O)c2ccccc2NS(=O)(=O)c2ccc(F)cc2)s1. The van der Waals surface area contributed by atoms with Crippen molar-refractivity contribution in [2.24, 2.45) is 0 Å². The highest BCUT2D eigenvalue weighted by molar-refractivity contribution is 7.92. The van der Waals surface area contributed by atoms with Crippen molar-refractivity contribution in [3.05, 3.63) is 64.9 Å². The number of aromatic nitrogens is 2. The maximum absolute atomic E-state index is 13.1. The highest BCUT2D eigenvalue weighted by Gasteiger charge is 2.19. The normalized spacial score (nSPS) is 11.2. The van der Waals surface area contributed by atoms with Crippen LogP contribution in [-0.2, 0) is 16.4 Å². The number of rotatable bonds is 8. The number of para-hydroxylation sites is 1. The van der Waals surface area contributed by atoms with Gasteiger partial charge in [0.1, 0.15) is 10.8 Å². The molecule has 0 saturated carbocycles. The lowest BCUT2D eigenvalue weighted by Crippen LogP contribution is -2.18. The second-order valence-corrected chi connectivity index (χ2v) is 8.91. The number of hydrogen-bond donors (Lipinski definition) is 2. The van der Waals surface area contributed by atoms with Gasteiger partial charge < -0.3 is 0 Å². The van der Waals surface area contributed by atoms with Gasteiger partial charge in [0.15, 0.2) is 0 Å². The zero-order chi connectivity index (χ0) is 20.9. The summed E-state index contributed by atoms with van der Waals surface area (Å²) in [4.78, 5) is 12.6. The number of halogens is 1. The summed E-state index contributed by atoms with van der Waals surface area (Å²) in [7, 11) is -3.99. The summed E-state index contributed by atoms with van der Waals surface area (Å²) in [5, 5.41) is 11.8. The van der Waals surface area contributed by atoms with Gasteiger partial charge in [0, 0.05) is 6.42 Å². The Morgan fingerprint density at radius 1 is 1.10 bits per heavy atom. The lowest BCUT2D eigenvalue weighted by atomic mass is 10.2. The Hall–Kier alpha value is -2.85. The summed E-state index contributed by atoms with van der Waals surface area (Å²) in [6, 6.07) is 10.6. The average Bonchev–Trinajstić information content (AvgIpc) is 3.14. The number of nitrogens with zero attached hydrogens (tertiary/aromatic N) is 2. The molecule has 0 bridgehead atoms. The van der Waals surface area contributed by atoms with Crippen LogP contribution in [0.25, 0.3) is 0 Å². The van der Waals surface area contributed by atoms with Crippen molar-refractivity contribution in [1.82, 2.24) is 10.2 Å². The molecule has 7 nitrogen and oxygen atoms in total. The fourth-order valence-electron chi connectivity index (χ4n) is 2.49. The molecule has 29 heavy (non-hydrogen) atoms. The van der Waals surface area contributed by atoms with Crippen molar-refractivity contribution >= 4 is 38.1 Å². The van der Waals surface area contributed by atoms with Gasteiger partial charge in [-0.15, -0.1) is 10.2 Å². The molecular formula is C19H19FN4O3S2. The van der Waals surface area contributed by atoms with Gasteiger partial charge in [0.2, 0.25) is 5.13 Å². The Morgan fingerprint density at radius 3 is 2.55 bits per heavy atom. The van der Waals surface area contributed by atoms with E-state index >= 15 is 0 Å². The highest BCUT2D eigenvalue weighted by atomic mass is 32.2. The Labute approximate surface area is 172 Å². The summed E-state index contributed by atoms with van der Waals surface area (Å²) >= 11 is 1.28. The van der Waals surface area contributed by atoms with Crippen molar-refractivity contribution in [1.29, 1.82) is 0 Å². The highest BCUT2D eigenvalue weighted by Crippen LogP contribution is 2.23. The van der Waals surface area contributed by atoms with Crippen LogP contribution in [0.1, 0.15) is 35.1 Å². The van der Waals surface area contributed by atoms with E-state index in [1.807, 2.05) is 0 Å². The molecular weight excluding hydrogens is 415 g/mol. The zero-order valence-electron chi connectivity index (χ0n) is 15.6. The number of amides is 1. The number of unbranched alkanes of at least 4 members (excludes halogenated alkanes) is 1. The van der Waals surface area contributed by atoms with Crippen LogP contribution in [0.2, 0.25) is 0 Å². The molecule has 0 aliphatic rings. The Kier molecular flexibility index (Phi) is 6.55. The van der Waals surface area contributed by atoms with Crippen LogP contribution in [-0.4, -0.2) is 24.5 Å². The van der Waals surface area contributed by atoms with Gasteiger partial charge in [-0.2, -0.15) is 0 Å². The van der Waals surface area contributed by atoms with Gasteiger partial charge in [0.25, 0.3) is 15.9 Å². The Balaban J connectivity index is 1.78. The molecule has 10 heteroatoms. The van der Waals surface area contributed by atoms with E-state index in [1.165, 1.54) is 23.5 Å². The van der Waals surface area contributed by atoms with E-state index in [0.717, 1.165) is 48.5 Å². The fourth-order valence-corrected chi connectivity index (χ4v) is 4.34. The monoisotopic (exact) mass is 434 g/mol. The van der Waals surface area contributed by atoms with Crippen LogP contribution in [0.15, 0.2) is 53.4 Å². The standard InChI is InChI=1S/C19H19FN4O3S2/c1-2-3-8-17-22-23-19(28-17)21-18(25)15-6-4-5-7-16(15)24-29(26,27)14-11-9-13(20)10-12-14/h4-7,9-12,24H,2-3,8H2,1H3,(H,21,23,25). The summed E-state index contributed by atoms with van der Waals surface area (Å²) in [5.74, 6) is -1.06. The van der Waals surface area contributed by atoms with Gasteiger partial charge in [-0.05, 0) is 42.8 Å². The number of carbonyl (C=O) groups is 1. The summed E-state index contributed by atoms with van der Waals surface area (Å²) in [5.41, 5.74) is 0.230. The van der Waals surface area contributed by atoms with E-state index in [-0.39, 0.29) is 16.1 Å². The lowest BCUT2D eigenvalue weighted by Gasteiger charge is -2.12. The Bertz CT molecular complexity index is 1100. The van der Waals surface area contributed by atoms with E-state index in [9.17, 15) is 17.6 Å². The van der Waals surface area contributed by atoms with Crippen LogP contribution < -0.4 is 10.0 Å². The van der Waals surface area contributed by atoms with E-state index in [2.05, 4.69) is 27.2 Å². The fraction of sp³-hybridized carbons (Fsp3) is 0.211. The molecule has 2 N–H and O–H groups in total. The number of carbonyl (C=O) groups excluding carboxylic acids is 1. The van der Waals surface area contributed by atoms with Crippen LogP contribution in [0, 0.1) is 5.82 Å². The maximum atomic E-state index is 13.1. The van der Waals surface area contributed by atoms with Crippen LogP contribution in [0.5, 0.6) is 0 Å². The molecule has 0 saturated heterocycles. The Morgan fingerprint density at radius 2 is 1.83 bits per heavy atom. The number of sulfonamides is 1. The molecule has 0 aliphatic carbocycles. The number of benzene rings is 2. The van der Waals surface area contributed by atoms with E-state index < -0.39 is 21.7 Å². The minimum absolute atomic E-state index is 0.102. The van der Waals surface area contributed by atoms with Gasteiger partial charge in [-0.3, -0.25) is 14.8 Å². The number of aryl methyl sites for hydroxylation is 1. The lowest BCUT2D eigenvalue weighted by molar-refractivity contribution is 0.102. The minimum Gasteiger partial charge on any atom is -0.296 e. The quantitative estimate of drug-likeness (QED) is 0.556. The van der Waals surface area contributed by atoms with Crippen molar-refractivity contribution in [3.63, 3.8) is 0 Å². The second-order valence-electron chi connectivity index (χ2n) is 6.16. The van der Waals surface area contributed by atoms with Crippen molar-refractivity contribution in [3.8, 4) is 0 Å². The predicted octanol–water partition coefficient (Wildman–Crippen LogP) is 4.07. The molecule has 1 amide bonds. The first kappa shape index (κ1) is 20.9. The van der Waals surface area contributed by atoms with Gasteiger partial charge in [-0.1, -0.05) is 36.8 Å². The first-order valence-corrected chi connectivity index (χ1v) is 11.2. The van der Waals surface area contributed by atoms with Crippen molar-refractivity contribution in [2.45, 2.75) is 31.1 Å². The third-order valence-corrected chi connectivity index (χ3v) is 6.25. The first-order chi connectivity index (χ1) is 13.9. The first-order valence-electron chi connectivity index (χ1n) is 8.90. The third kappa shape index (κ3) is 5.36. The molecule has 0 fully saturated rings. The van der Waals surface area contributed by atoms with Crippen molar-refractivity contribution in [2.75, 3.05) is 10.0 Å². The molecule has 152 valence electrons. The second kappa shape index (κ2) is 9.10. The zero-order valence-corrected chi connectivity index (χ0v) is 17.2. The molecule has 1 heterocycles. The van der Waals surface area contributed by atoms with Crippen LogP contribution in [0.3, 0.4) is 0 Å². The smallest absolute Gasteiger partial charge is 0.261 e. The molecule has 1 aromatic heterocycles. The summed E-state index contributed by atoms with van der Waals surface area (Å²) in [6.07, 6.45) is 2.80. The molecule has 3 aromatic rings. The molecule has 0 aliphatic heterocycles. The third-order valence-electron chi connectivity index (χ3n) is 3.97. The molecule has 0 spiro atoms. The summed E-state index contributed by atoms with van der Waals surface area (Å²) in [6.45, 7) is 2.08. The minimum atomic E-state index is -3.99. The predicted molar refractivity (Wildman–Crippen MR) is 110 cm³/mol. The van der Waals surface area contributed by atoms with Crippen LogP contribution in [0.4, 0.5) is 15.2 Å². The van der Waals surface area contributed by atoms with Gasteiger partial charge in [-0.25, -0.2) is 12.8 Å².